The van der Waals surface area contributed by atoms with E-state index in [-0.39, 0.29) is 35.5 Å². The van der Waals surface area contributed by atoms with Crippen LogP contribution in [0.2, 0.25) is 10.0 Å². The highest BCUT2D eigenvalue weighted by Gasteiger charge is 2.49. The second-order valence-electron chi connectivity index (χ2n) is 10.4. The molecule has 0 bridgehead atoms. The zero-order valence-electron chi connectivity index (χ0n) is 19.9. The topological polar surface area (TPSA) is 118 Å². The summed E-state index contributed by atoms with van der Waals surface area (Å²) in [6, 6.07) is 5.87. The molecule has 3 heterocycles. The lowest BCUT2D eigenvalue weighted by atomic mass is 9.72. The van der Waals surface area contributed by atoms with Crippen LogP contribution in [-0.4, -0.2) is 52.8 Å². The number of aromatic amines is 1. The van der Waals surface area contributed by atoms with E-state index in [2.05, 4.69) is 21.7 Å². The van der Waals surface area contributed by atoms with Crippen LogP contribution in [0.3, 0.4) is 0 Å². The molecular formula is C26H29Cl2N5O3. The van der Waals surface area contributed by atoms with Crippen molar-refractivity contribution in [2.45, 2.75) is 63.5 Å². The van der Waals surface area contributed by atoms with Gasteiger partial charge < -0.3 is 20.5 Å². The Morgan fingerprint density at radius 1 is 1.25 bits per heavy atom. The summed E-state index contributed by atoms with van der Waals surface area (Å²) in [5.74, 6) is -0.984. The fourth-order valence-electron chi connectivity index (χ4n) is 6.14. The molecule has 1 spiro atoms. The average Bonchev–Trinajstić information content (AvgIpc) is 3.59. The number of nitriles is 1. The zero-order chi connectivity index (χ0) is 25.4. The smallest absolute Gasteiger partial charge is 0.271 e. The second kappa shape index (κ2) is 9.95. The largest absolute Gasteiger partial charge is 0.356 e. The van der Waals surface area contributed by atoms with Crippen molar-refractivity contribution in [1.82, 2.24) is 20.5 Å². The normalized spacial score (nSPS) is 24.0. The van der Waals surface area contributed by atoms with Crippen LogP contribution in [0.4, 0.5) is 0 Å². The minimum absolute atomic E-state index is 0.0825. The molecule has 10 heteroatoms. The van der Waals surface area contributed by atoms with Gasteiger partial charge in [-0.05, 0) is 49.7 Å². The predicted octanol–water partition coefficient (Wildman–Crippen LogP) is 4.17. The highest BCUT2D eigenvalue weighted by atomic mass is 35.5. The van der Waals surface area contributed by atoms with Gasteiger partial charge in [0.2, 0.25) is 11.8 Å². The first-order valence-electron chi connectivity index (χ1n) is 12.6. The monoisotopic (exact) mass is 529 g/mol. The standard InChI is InChI=1S/C26H29Cl2N5O3/c27-18-5-4-15-11-19(32-22(15)21(18)28)25(36)33-14-26(7-2-1-3-8-26)12-20(33)24(35)31-17(13-29)10-16-6-9-30-23(16)34/h4-5,11,16-17,20,32H,1-3,6-10,12,14H2,(H,30,34)(H,31,35). The Morgan fingerprint density at radius 2 is 2.03 bits per heavy atom. The first kappa shape index (κ1) is 24.9. The van der Waals surface area contributed by atoms with E-state index >= 15 is 0 Å². The van der Waals surface area contributed by atoms with Crippen LogP contribution in [0.15, 0.2) is 18.2 Å². The highest BCUT2D eigenvalue weighted by molar-refractivity contribution is 6.45. The lowest BCUT2D eigenvalue weighted by Gasteiger charge is -2.32. The van der Waals surface area contributed by atoms with Crippen molar-refractivity contribution in [1.29, 1.82) is 5.26 Å². The van der Waals surface area contributed by atoms with Crippen molar-refractivity contribution in [3.8, 4) is 6.07 Å². The number of benzene rings is 1. The average molecular weight is 530 g/mol. The van der Waals surface area contributed by atoms with Crippen LogP contribution in [0.1, 0.15) is 61.9 Å². The van der Waals surface area contributed by atoms with Crippen molar-refractivity contribution < 1.29 is 14.4 Å². The number of halogens is 2. The van der Waals surface area contributed by atoms with Gasteiger partial charge in [-0.3, -0.25) is 14.4 Å². The Bertz CT molecular complexity index is 1250. The SMILES string of the molecule is N#CC(CC1CCNC1=O)NC(=O)C1CC2(CCCCC2)CN1C(=O)c1cc2ccc(Cl)c(Cl)c2[nH]1. The molecule has 1 aromatic carbocycles. The third-order valence-corrected chi connectivity index (χ3v) is 8.86. The number of hydrogen-bond acceptors (Lipinski definition) is 4. The Balaban J connectivity index is 1.39. The Labute approximate surface area is 219 Å². The summed E-state index contributed by atoms with van der Waals surface area (Å²) in [6.45, 7) is 1.08. The summed E-state index contributed by atoms with van der Waals surface area (Å²) in [4.78, 5) is 44.0. The minimum Gasteiger partial charge on any atom is -0.356 e. The highest BCUT2D eigenvalue weighted by Crippen LogP contribution is 2.47. The van der Waals surface area contributed by atoms with Gasteiger partial charge in [-0.1, -0.05) is 48.5 Å². The number of aromatic nitrogens is 1. The van der Waals surface area contributed by atoms with E-state index in [1.807, 2.05) is 0 Å². The Hall–Kier alpha value is -2.76. The van der Waals surface area contributed by atoms with Gasteiger partial charge >= 0.3 is 0 Å². The van der Waals surface area contributed by atoms with Gasteiger partial charge in [-0.25, -0.2) is 0 Å². The molecule has 2 saturated heterocycles. The number of hydrogen-bond donors (Lipinski definition) is 3. The van der Waals surface area contributed by atoms with E-state index < -0.39 is 12.1 Å². The predicted molar refractivity (Wildman–Crippen MR) is 137 cm³/mol. The van der Waals surface area contributed by atoms with Gasteiger partial charge in [-0.2, -0.15) is 5.26 Å². The molecule has 1 aliphatic carbocycles. The van der Waals surface area contributed by atoms with E-state index in [4.69, 9.17) is 23.2 Å². The number of amides is 3. The van der Waals surface area contributed by atoms with E-state index in [1.54, 1.807) is 23.1 Å². The van der Waals surface area contributed by atoms with E-state index in [0.717, 1.165) is 37.5 Å². The van der Waals surface area contributed by atoms with Crippen molar-refractivity contribution >= 4 is 51.8 Å². The summed E-state index contributed by atoms with van der Waals surface area (Å²) in [5.41, 5.74) is 0.829. The molecule has 36 heavy (non-hydrogen) atoms. The van der Waals surface area contributed by atoms with Gasteiger partial charge in [0.05, 0.1) is 21.6 Å². The molecule has 190 valence electrons. The van der Waals surface area contributed by atoms with Gasteiger partial charge in [0.25, 0.3) is 5.91 Å². The number of nitrogens with one attached hydrogen (secondary N) is 3. The molecule has 3 N–H and O–H groups in total. The van der Waals surface area contributed by atoms with Crippen LogP contribution < -0.4 is 10.6 Å². The molecule has 3 fully saturated rings. The Morgan fingerprint density at radius 3 is 2.72 bits per heavy atom. The van der Waals surface area contributed by atoms with E-state index in [0.29, 0.717) is 47.2 Å². The summed E-state index contributed by atoms with van der Waals surface area (Å²) in [5, 5.41) is 16.8. The molecule has 3 amide bonds. The summed E-state index contributed by atoms with van der Waals surface area (Å²) < 4.78 is 0. The van der Waals surface area contributed by atoms with Crippen molar-refractivity contribution in [2.75, 3.05) is 13.1 Å². The molecule has 1 aromatic heterocycles. The number of carbonyl (C=O) groups excluding carboxylic acids is 3. The van der Waals surface area contributed by atoms with Gasteiger partial charge in [0.1, 0.15) is 17.8 Å². The number of carbonyl (C=O) groups is 3. The van der Waals surface area contributed by atoms with Crippen molar-refractivity contribution in [2.24, 2.45) is 11.3 Å². The molecule has 0 radical (unpaired) electrons. The summed E-state index contributed by atoms with van der Waals surface area (Å²) in [6.07, 6.45) is 6.74. The molecule has 2 aromatic rings. The third-order valence-electron chi connectivity index (χ3n) is 8.06. The maximum atomic E-state index is 13.8. The fraction of sp³-hybridized carbons (Fsp3) is 0.538. The van der Waals surface area contributed by atoms with E-state index in [9.17, 15) is 19.6 Å². The maximum absolute atomic E-state index is 13.8. The van der Waals surface area contributed by atoms with Crippen molar-refractivity contribution in [3.63, 3.8) is 0 Å². The quantitative estimate of drug-likeness (QED) is 0.538. The van der Waals surface area contributed by atoms with Crippen LogP contribution in [0.5, 0.6) is 0 Å². The first-order chi connectivity index (χ1) is 17.3. The summed E-state index contributed by atoms with van der Waals surface area (Å²) in [7, 11) is 0. The van der Waals surface area contributed by atoms with Crippen molar-refractivity contribution in [3.05, 3.63) is 33.9 Å². The Kier molecular flexibility index (Phi) is 6.88. The van der Waals surface area contributed by atoms with E-state index in [1.165, 1.54) is 0 Å². The number of fused-ring (bicyclic) bond motifs is 1. The van der Waals surface area contributed by atoms with Crippen LogP contribution >= 0.6 is 23.2 Å². The molecule has 1 saturated carbocycles. The van der Waals surface area contributed by atoms with Gasteiger partial charge in [0, 0.05) is 24.4 Å². The minimum atomic E-state index is -0.791. The van der Waals surface area contributed by atoms with Gasteiger partial charge in [0.15, 0.2) is 0 Å². The van der Waals surface area contributed by atoms with Crippen LogP contribution in [0, 0.1) is 22.7 Å². The fourth-order valence-corrected chi connectivity index (χ4v) is 6.52. The maximum Gasteiger partial charge on any atom is 0.271 e. The van der Waals surface area contributed by atoms with Crippen LogP contribution in [-0.2, 0) is 9.59 Å². The molecule has 3 aliphatic rings. The number of nitrogens with zero attached hydrogens (tertiary/aromatic N) is 2. The molecule has 2 aliphatic heterocycles. The molecular weight excluding hydrogens is 501 g/mol. The molecule has 3 atom stereocenters. The zero-order valence-corrected chi connectivity index (χ0v) is 21.4. The number of H-pyrrole nitrogens is 1. The van der Waals surface area contributed by atoms with Crippen LogP contribution in [0.25, 0.3) is 10.9 Å². The number of likely N-dealkylation sites (tertiary alicyclic amines) is 1. The summed E-state index contributed by atoms with van der Waals surface area (Å²) >= 11 is 12.5. The molecule has 3 unspecified atom stereocenters. The third kappa shape index (κ3) is 4.67. The lowest BCUT2D eigenvalue weighted by molar-refractivity contribution is -0.126. The van der Waals surface area contributed by atoms with Gasteiger partial charge in [-0.15, -0.1) is 0 Å². The molecule has 8 nitrogen and oxygen atoms in total. The number of rotatable bonds is 5. The second-order valence-corrected chi connectivity index (χ2v) is 11.2. The lowest BCUT2D eigenvalue weighted by Crippen LogP contribution is -2.49. The first-order valence-corrected chi connectivity index (χ1v) is 13.3. The molecule has 5 rings (SSSR count).